The van der Waals surface area contributed by atoms with Crippen molar-refractivity contribution < 1.29 is 22.7 Å². The predicted octanol–water partition coefficient (Wildman–Crippen LogP) is 3.30. The standard InChI is InChI=1S/C16H21BrClN3O5S2/c1-15(2,3)26-14(22)19-13-20-16(12-9(18)7-11(17)27-12)5-6-25-8-10(16)28(23,24)21(13)4/h7,10H,5-6,8H2,1-4H3,(H,19,20,22)/t10?,16-/m0/s1. The predicted molar refractivity (Wildman–Crippen MR) is 111 cm³/mol. The van der Waals surface area contributed by atoms with Crippen molar-refractivity contribution in [2.24, 2.45) is 4.99 Å². The molecule has 28 heavy (non-hydrogen) atoms. The number of fused-ring (bicyclic) bond motifs is 1. The van der Waals surface area contributed by atoms with Gasteiger partial charge in [-0.25, -0.2) is 17.5 Å². The van der Waals surface area contributed by atoms with Crippen molar-refractivity contribution in [1.82, 2.24) is 9.62 Å². The average molecular weight is 515 g/mol. The van der Waals surface area contributed by atoms with Crippen LogP contribution >= 0.6 is 38.9 Å². The van der Waals surface area contributed by atoms with Gasteiger partial charge in [0.05, 0.1) is 25.8 Å². The van der Waals surface area contributed by atoms with E-state index in [0.29, 0.717) is 22.9 Å². The molecule has 1 N–H and O–H groups in total. The molecule has 3 rings (SSSR count). The fraction of sp³-hybridized carbons (Fsp3) is 0.625. The Kier molecular flexibility index (Phi) is 5.78. The summed E-state index contributed by atoms with van der Waals surface area (Å²) < 4.78 is 38.9. The zero-order valence-electron chi connectivity index (χ0n) is 15.8. The number of guanidine groups is 1. The minimum atomic E-state index is -3.87. The molecule has 0 radical (unpaired) electrons. The maximum Gasteiger partial charge on any atom is 0.437 e. The Labute approximate surface area is 181 Å². The number of halogens is 2. The normalized spacial score (nSPS) is 28.6. The van der Waals surface area contributed by atoms with Gasteiger partial charge >= 0.3 is 6.09 Å². The molecule has 0 aliphatic carbocycles. The Morgan fingerprint density at radius 2 is 2.21 bits per heavy atom. The van der Waals surface area contributed by atoms with Crippen LogP contribution in [0.25, 0.3) is 0 Å². The van der Waals surface area contributed by atoms with Crippen LogP contribution in [0.15, 0.2) is 14.8 Å². The van der Waals surface area contributed by atoms with E-state index in [0.717, 1.165) is 8.09 Å². The third kappa shape index (κ3) is 3.91. The molecule has 8 nitrogen and oxygen atoms in total. The summed E-state index contributed by atoms with van der Waals surface area (Å²) in [6, 6.07) is 1.72. The number of carbonyl (C=O) groups is 1. The Hall–Kier alpha value is -0.880. The Morgan fingerprint density at radius 3 is 2.79 bits per heavy atom. The number of nitrogens with one attached hydrogen (secondary N) is 1. The summed E-state index contributed by atoms with van der Waals surface area (Å²) in [5.41, 5.74) is -1.81. The molecule has 1 amide bonds. The van der Waals surface area contributed by atoms with Gasteiger partial charge in [-0.05, 0) is 42.8 Å². The molecule has 0 aromatic carbocycles. The van der Waals surface area contributed by atoms with Gasteiger partial charge in [0.15, 0.2) is 0 Å². The first kappa shape index (κ1) is 21.8. The molecule has 12 heteroatoms. The molecule has 2 fully saturated rings. The van der Waals surface area contributed by atoms with Gasteiger partial charge in [-0.1, -0.05) is 11.6 Å². The minimum absolute atomic E-state index is 0.00520. The summed E-state index contributed by atoms with van der Waals surface area (Å²) in [5.74, 6) is -0.104. The lowest BCUT2D eigenvalue weighted by Crippen LogP contribution is -2.70. The largest absolute Gasteiger partial charge is 0.442 e. The fourth-order valence-corrected chi connectivity index (χ4v) is 7.40. The van der Waals surface area contributed by atoms with Crippen molar-refractivity contribution in [1.29, 1.82) is 0 Å². The van der Waals surface area contributed by atoms with Crippen LogP contribution in [0.4, 0.5) is 4.79 Å². The van der Waals surface area contributed by atoms with Crippen LogP contribution in [0.5, 0.6) is 0 Å². The first-order chi connectivity index (χ1) is 12.9. The number of rotatable bonds is 1. The lowest BCUT2D eigenvalue weighted by molar-refractivity contribution is 0.0439. The molecule has 1 aromatic heterocycles. The number of thiophene rings is 1. The molecular weight excluding hydrogens is 494 g/mol. The number of nitrogens with zero attached hydrogens (tertiary/aromatic N) is 2. The van der Waals surface area contributed by atoms with E-state index in [4.69, 9.17) is 21.1 Å². The van der Waals surface area contributed by atoms with Gasteiger partial charge in [-0.2, -0.15) is 0 Å². The second-order valence-electron chi connectivity index (χ2n) is 7.57. The van der Waals surface area contributed by atoms with Crippen molar-refractivity contribution in [3.8, 4) is 0 Å². The van der Waals surface area contributed by atoms with Crippen LogP contribution in [0, 0.1) is 0 Å². The number of sulfonamides is 1. The molecule has 156 valence electrons. The molecule has 0 saturated carbocycles. The number of hydrogen-bond donors (Lipinski definition) is 1. The van der Waals surface area contributed by atoms with Gasteiger partial charge in [0, 0.05) is 20.1 Å². The van der Waals surface area contributed by atoms with Crippen molar-refractivity contribution in [2.45, 2.75) is 43.6 Å². The zero-order chi connectivity index (χ0) is 20.9. The first-order valence-corrected chi connectivity index (χ1v) is 12.0. The second-order valence-corrected chi connectivity index (χ2v) is 12.6. The van der Waals surface area contributed by atoms with Gasteiger partial charge in [-0.3, -0.25) is 0 Å². The van der Waals surface area contributed by atoms with E-state index in [-0.39, 0.29) is 12.6 Å². The third-order valence-corrected chi connectivity index (χ3v) is 8.91. The molecule has 2 aliphatic heterocycles. The summed E-state index contributed by atoms with van der Waals surface area (Å²) in [6.45, 7) is 5.47. The minimum Gasteiger partial charge on any atom is -0.442 e. The molecule has 1 aromatic rings. The number of aliphatic imine (C=N–C) groups is 1. The van der Waals surface area contributed by atoms with Gasteiger partial charge in [0.2, 0.25) is 16.0 Å². The highest BCUT2D eigenvalue weighted by molar-refractivity contribution is 9.11. The Balaban J connectivity index is 2.11. The molecule has 0 spiro atoms. The first-order valence-electron chi connectivity index (χ1n) is 8.47. The van der Waals surface area contributed by atoms with Crippen molar-refractivity contribution in [3.05, 3.63) is 19.8 Å². The van der Waals surface area contributed by atoms with E-state index in [2.05, 4.69) is 26.2 Å². The van der Waals surface area contributed by atoms with Crippen molar-refractivity contribution >= 4 is 60.9 Å². The summed E-state index contributed by atoms with van der Waals surface area (Å²) in [7, 11) is -2.53. The maximum atomic E-state index is 13.2. The summed E-state index contributed by atoms with van der Waals surface area (Å²) >= 11 is 11.2. The fourth-order valence-electron chi connectivity index (χ4n) is 3.23. The molecule has 3 heterocycles. The van der Waals surface area contributed by atoms with Crippen LogP contribution in [0.3, 0.4) is 0 Å². The van der Waals surface area contributed by atoms with Crippen molar-refractivity contribution in [3.63, 3.8) is 0 Å². The smallest absolute Gasteiger partial charge is 0.437 e. The van der Waals surface area contributed by atoms with Crippen LogP contribution < -0.4 is 5.32 Å². The molecule has 2 aliphatic rings. The zero-order valence-corrected chi connectivity index (χ0v) is 19.8. The highest BCUT2D eigenvalue weighted by Crippen LogP contribution is 2.47. The quantitative estimate of drug-likeness (QED) is 0.618. The summed E-state index contributed by atoms with van der Waals surface area (Å²) in [4.78, 5) is 16.8. The number of carbonyl (C=O) groups excluding carboxylic acids is 1. The van der Waals surface area contributed by atoms with E-state index in [1.807, 2.05) is 0 Å². The lowest BCUT2D eigenvalue weighted by Gasteiger charge is -2.49. The molecule has 0 bridgehead atoms. The monoisotopic (exact) mass is 513 g/mol. The Bertz CT molecular complexity index is 927. The third-order valence-electron chi connectivity index (χ3n) is 4.49. The SMILES string of the molecule is CN1/C(=N\C(=O)OC(C)(C)C)N[C@@]2(c3sc(Br)cc3Cl)CCOCC2S1(=O)=O. The van der Waals surface area contributed by atoms with Crippen LogP contribution in [0.1, 0.15) is 32.1 Å². The van der Waals surface area contributed by atoms with Gasteiger partial charge in [0.25, 0.3) is 0 Å². The lowest BCUT2D eigenvalue weighted by atomic mass is 9.87. The number of amides is 1. The van der Waals surface area contributed by atoms with Gasteiger partial charge < -0.3 is 14.8 Å². The van der Waals surface area contributed by atoms with E-state index in [1.54, 1.807) is 26.8 Å². The molecular formula is C16H21BrClN3O5S2. The second kappa shape index (κ2) is 7.42. The summed E-state index contributed by atoms with van der Waals surface area (Å²) in [5, 5.41) is 2.70. The molecule has 2 saturated heterocycles. The van der Waals surface area contributed by atoms with E-state index in [9.17, 15) is 13.2 Å². The molecule has 1 unspecified atom stereocenters. The average Bonchev–Trinajstić information content (AvgIpc) is 2.90. The highest BCUT2D eigenvalue weighted by atomic mass is 79.9. The van der Waals surface area contributed by atoms with E-state index < -0.39 is 32.5 Å². The molecule has 2 atom stereocenters. The summed E-state index contributed by atoms with van der Waals surface area (Å²) in [6.07, 6.45) is -0.527. The van der Waals surface area contributed by atoms with Crippen LogP contribution in [-0.2, 0) is 25.0 Å². The van der Waals surface area contributed by atoms with Crippen LogP contribution in [0.2, 0.25) is 5.02 Å². The number of ether oxygens (including phenoxy) is 2. The maximum absolute atomic E-state index is 13.2. The Morgan fingerprint density at radius 1 is 1.54 bits per heavy atom. The van der Waals surface area contributed by atoms with Gasteiger partial charge in [-0.15, -0.1) is 16.3 Å². The topological polar surface area (TPSA) is 97.3 Å². The van der Waals surface area contributed by atoms with E-state index >= 15 is 0 Å². The van der Waals surface area contributed by atoms with E-state index in [1.165, 1.54) is 18.4 Å². The van der Waals surface area contributed by atoms with Crippen molar-refractivity contribution in [2.75, 3.05) is 20.3 Å². The highest BCUT2D eigenvalue weighted by Gasteiger charge is 2.57. The van der Waals surface area contributed by atoms with Gasteiger partial charge in [0.1, 0.15) is 10.9 Å². The number of hydrogen-bond acceptors (Lipinski definition) is 6. The van der Waals surface area contributed by atoms with Crippen LogP contribution in [-0.4, -0.2) is 55.9 Å².